The molecule has 584 valence electrons. The number of benzene rings is 2. The van der Waals surface area contributed by atoms with Crippen molar-refractivity contribution in [2.75, 3.05) is 60.5 Å². The zero-order valence-corrected chi connectivity index (χ0v) is 66.2. The molecule has 0 radical (unpaired) electrons. The minimum absolute atomic E-state index is 0.233. The molecule has 17 aromatic rings. The molecule has 3 aliphatic heterocycles. The molecule has 15 aromatic heterocycles. The van der Waals surface area contributed by atoms with Crippen molar-refractivity contribution in [3.8, 4) is 50.7 Å². The van der Waals surface area contributed by atoms with Crippen molar-refractivity contribution in [1.82, 2.24) is 131 Å². The average molecular weight is 1570 g/mol. The van der Waals surface area contributed by atoms with E-state index in [1.807, 2.05) is 155 Å². The number of anilines is 8. The first kappa shape index (κ1) is 73.7. The fraction of sp³-hybridized carbons (Fsp3) is 0.296. The summed E-state index contributed by atoms with van der Waals surface area (Å²) < 4.78 is 26.3. The van der Waals surface area contributed by atoms with Crippen molar-refractivity contribution in [2.45, 2.75) is 89.0 Å². The number of fused-ring (bicyclic) bond motifs is 5. The van der Waals surface area contributed by atoms with E-state index in [1.54, 1.807) is 32.8 Å². The van der Waals surface area contributed by atoms with E-state index < -0.39 is 0 Å². The Morgan fingerprint density at radius 1 is 0.426 bits per heavy atom. The Bertz CT molecular complexity index is 6040. The fourth-order valence-electron chi connectivity index (χ4n) is 15.5. The highest BCUT2D eigenvalue weighted by Crippen LogP contribution is 2.37. The van der Waals surface area contributed by atoms with Crippen LogP contribution in [0.5, 0.6) is 0 Å². The number of hydrogen-bond donors (Lipinski definition) is 8. The lowest BCUT2D eigenvalue weighted by Gasteiger charge is -2.23. The van der Waals surface area contributed by atoms with Crippen molar-refractivity contribution in [3.05, 3.63) is 218 Å². The zero-order valence-electron chi connectivity index (χ0n) is 64.6. The second kappa shape index (κ2) is 32.4. The van der Waals surface area contributed by atoms with Crippen LogP contribution in [0.15, 0.2) is 179 Å². The second-order valence-electron chi connectivity index (χ2n) is 29.7. The maximum absolute atomic E-state index is 6.07. The predicted molar refractivity (Wildman–Crippen MR) is 448 cm³/mol. The van der Waals surface area contributed by atoms with Crippen LogP contribution in [0.2, 0.25) is 0 Å². The van der Waals surface area contributed by atoms with Gasteiger partial charge < -0.3 is 47.5 Å². The number of rotatable bonds is 16. The van der Waals surface area contributed by atoms with Gasteiger partial charge in [0.05, 0.1) is 107 Å². The Morgan fingerprint density at radius 3 is 1.32 bits per heavy atom. The maximum Gasteiger partial charge on any atom is 0.180 e. The van der Waals surface area contributed by atoms with Gasteiger partial charge in [-0.25, -0.2) is 44.9 Å². The van der Waals surface area contributed by atoms with Gasteiger partial charge >= 0.3 is 0 Å². The topological polar surface area (TPSA) is 346 Å². The van der Waals surface area contributed by atoms with Gasteiger partial charge in [0, 0.05) is 173 Å². The van der Waals surface area contributed by atoms with Gasteiger partial charge in [0.2, 0.25) is 0 Å². The first-order valence-corrected chi connectivity index (χ1v) is 40.3. The normalized spacial score (nSPS) is 16.3. The lowest BCUT2D eigenvalue weighted by molar-refractivity contribution is 0.452. The zero-order chi connectivity index (χ0) is 78.0. The van der Waals surface area contributed by atoms with Gasteiger partial charge in [0.15, 0.2) is 45.9 Å². The van der Waals surface area contributed by atoms with Crippen LogP contribution in [-0.2, 0) is 41.0 Å². The van der Waals surface area contributed by atoms with Crippen LogP contribution in [0, 0.1) is 13.8 Å². The molecular weight excluding hydrogens is 1490 g/mol. The summed E-state index contributed by atoms with van der Waals surface area (Å²) in [5, 5.41) is 43.4. The third kappa shape index (κ3) is 16.1. The van der Waals surface area contributed by atoms with E-state index in [9.17, 15) is 0 Å². The van der Waals surface area contributed by atoms with E-state index in [-0.39, 0.29) is 6.04 Å². The Hall–Kier alpha value is -12.7. The van der Waals surface area contributed by atoms with E-state index in [2.05, 4.69) is 166 Å². The highest BCUT2D eigenvalue weighted by atomic mass is 32.1. The Morgan fingerprint density at radius 2 is 0.878 bits per heavy atom. The third-order valence-electron chi connectivity index (χ3n) is 21.3. The molecule has 0 spiro atoms. The van der Waals surface area contributed by atoms with Crippen molar-refractivity contribution in [1.29, 1.82) is 0 Å². The number of nitrogens with one attached hydrogen (secondary N) is 7. The molecule has 3 saturated heterocycles. The van der Waals surface area contributed by atoms with Gasteiger partial charge in [-0.3, -0.25) is 36.3 Å². The van der Waals surface area contributed by atoms with Crippen LogP contribution in [0.4, 0.5) is 44.6 Å². The number of nitrogens with zero attached hydrogens (tertiary/aromatic N) is 24. The van der Waals surface area contributed by atoms with Crippen LogP contribution in [0.3, 0.4) is 0 Å². The van der Waals surface area contributed by atoms with Crippen molar-refractivity contribution in [3.63, 3.8) is 0 Å². The fourth-order valence-corrected chi connectivity index (χ4v) is 16.8. The molecular formula is C81H88N32S2. The Balaban J connectivity index is 0.000000107. The van der Waals surface area contributed by atoms with Crippen LogP contribution in [-0.4, -0.2) is 160 Å². The van der Waals surface area contributed by atoms with E-state index in [0.29, 0.717) is 17.8 Å². The highest BCUT2D eigenvalue weighted by molar-refractivity contribution is 7.10. The summed E-state index contributed by atoms with van der Waals surface area (Å²) in [5.41, 5.74) is 28.3. The van der Waals surface area contributed by atoms with E-state index in [4.69, 9.17) is 25.7 Å². The largest absolute Gasteiger partial charge is 0.337 e. The van der Waals surface area contributed by atoms with Gasteiger partial charge in [0.1, 0.15) is 10.0 Å². The lowest BCUT2D eigenvalue weighted by atomic mass is 9.95. The molecule has 0 amide bonds. The van der Waals surface area contributed by atoms with Gasteiger partial charge in [0.25, 0.3) is 0 Å². The van der Waals surface area contributed by atoms with E-state index in [1.165, 1.54) is 47.0 Å². The summed E-state index contributed by atoms with van der Waals surface area (Å²) in [6.07, 6.45) is 47.2. The smallest absolute Gasteiger partial charge is 0.180 e. The summed E-state index contributed by atoms with van der Waals surface area (Å²) in [6, 6.07) is 18.9. The number of imidazole rings is 5. The minimum atomic E-state index is 0.233. The molecule has 1 aliphatic carbocycles. The number of piperidine rings is 3. The molecule has 4 aliphatic rings. The van der Waals surface area contributed by atoms with Crippen molar-refractivity contribution < 1.29 is 0 Å². The molecule has 0 saturated carbocycles. The molecule has 3 atom stereocenters. The SMILES string of the molecule is Cc1cc(Nc2nc(C3CCCNC3)cn3c(-c4cnn(C)c4)cnc23)sn1.Cc1cc(Nc2nc(C3CCCNC3)cn3c(-c4cnn(C)c4)cnc23)sn1.Cn1cc(-c2cnc3c(Nc4ccc(-n5ccnc5)cc4)nc(C4CCNCC4)cn23)cn1.Cn1cc(-c2cnc3c(Nc4ccc5c(c4)CC(N)C5)nccn23)cn1. The number of hydrogen-bond acceptors (Lipinski definition) is 25. The second-order valence-corrected chi connectivity index (χ2v) is 31.3. The van der Waals surface area contributed by atoms with Crippen LogP contribution >= 0.6 is 23.1 Å². The van der Waals surface area contributed by atoms with Gasteiger partial charge in [-0.2, -0.15) is 29.1 Å². The number of aromatic nitrogens is 24. The monoisotopic (exact) mass is 1570 g/mol. The lowest BCUT2D eigenvalue weighted by Crippen LogP contribution is -2.29. The number of aryl methyl sites for hydroxylation is 6. The number of nitrogens with two attached hydrogens (primary N) is 1. The molecule has 3 fully saturated rings. The molecule has 0 bridgehead atoms. The Kier molecular flexibility index (Phi) is 20.8. The molecule has 115 heavy (non-hydrogen) atoms. The average Bonchev–Trinajstić information content (AvgIpc) is 1.66. The van der Waals surface area contributed by atoms with Gasteiger partial charge in [-0.15, -0.1) is 0 Å². The molecule has 32 nitrogen and oxygen atoms in total. The molecule has 21 rings (SSSR count). The summed E-state index contributed by atoms with van der Waals surface area (Å²) in [5.74, 6) is 4.23. The summed E-state index contributed by atoms with van der Waals surface area (Å²) >= 11 is 2.87. The van der Waals surface area contributed by atoms with E-state index in [0.717, 1.165) is 224 Å². The predicted octanol–water partition coefficient (Wildman–Crippen LogP) is 12.0. The Labute approximate surface area is 669 Å². The van der Waals surface area contributed by atoms with E-state index >= 15 is 0 Å². The van der Waals surface area contributed by atoms with Crippen LogP contribution in [0.25, 0.3) is 73.3 Å². The summed E-state index contributed by atoms with van der Waals surface area (Å²) in [4.78, 5) is 42.2. The maximum atomic E-state index is 6.07. The quantitative estimate of drug-likeness (QED) is 0.0445. The molecule has 2 aromatic carbocycles. The minimum Gasteiger partial charge on any atom is -0.337 e. The van der Waals surface area contributed by atoms with Crippen LogP contribution in [0.1, 0.15) is 95.9 Å². The van der Waals surface area contributed by atoms with Gasteiger partial charge in [-0.1, -0.05) is 6.07 Å². The molecule has 34 heteroatoms. The molecule has 9 N–H and O–H groups in total. The summed E-state index contributed by atoms with van der Waals surface area (Å²) in [7, 11) is 7.68. The van der Waals surface area contributed by atoms with Crippen LogP contribution < -0.4 is 43.0 Å². The molecule has 18 heterocycles. The molecule has 3 unspecified atom stereocenters. The first-order valence-electron chi connectivity index (χ1n) is 38.7. The van der Waals surface area contributed by atoms with Crippen molar-refractivity contribution in [2.24, 2.45) is 33.9 Å². The standard InChI is InChI=1S/C24H25N9.2C19H22N8S.C19H19N7/c1-31-14-18(12-28-31)22-13-27-24-23(30-21(15-33(22)24)17-6-8-25-9-7-17)29-19-2-4-20(5-3-19)32-11-10-26-16-32;2*1-12-6-17(28-25-12)24-18-19-21-9-16(14-8-22-26(2)10-14)27(19)11-15(23-18)13-4-3-5-20-7-13;1-25-11-14(9-23-25)17-10-22-19-18(21-4-5-26(17)19)24-16-3-2-12-6-15(20)7-13(12)8-16/h2-5,10-17,25H,6-9H2,1H3,(H,29,30);2*6,8-11,13,20H,3-5,7H2,1-2H3,(H,23,24);2-5,8-11,15H,6-7,20H2,1H3,(H,21,24). The first-order chi connectivity index (χ1) is 56.3. The van der Waals surface area contributed by atoms with Gasteiger partial charge in [-0.05, 0) is 174 Å². The summed E-state index contributed by atoms with van der Waals surface area (Å²) in [6.45, 7) is 10.1. The van der Waals surface area contributed by atoms with Crippen molar-refractivity contribution >= 4 is 90.3 Å². The highest BCUT2D eigenvalue weighted by Gasteiger charge is 2.27. The third-order valence-corrected chi connectivity index (χ3v) is 22.8.